The molecule has 2 fully saturated rings. The second-order valence-electron chi connectivity index (χ2n) is 8.34. The summed E-state index contributed by atoms with van der Waals surface area (Å²) in [4.78, 5) is 0. The van der Waals surface area contributed by atoms with E-state index in [9.17, 15) is 5.11 Å². The topological polar surface area (TPSA) is 20.2 Å². The molecule has 0 heterocycles. The summed E-state index contributed by atoms with van der Waals surface area (Å²) in [5.74, 6) is 3.17. The van der Waals surface area contributed by atoms with Gasteiger partial charge in [0.15, 0.2) is 0 Å². The monoisotopic (exact) mass is 308 g/mol. The fraction of sp³-hybridized carbons (Fsp3) is 1.00. The van der Waals surface area contributed by atoms with Crippen molar-refractivity contribution >= 4 is 0 Å². The summed E-state index contributed by atoms with van der Waals surface area (Å²) in [6.45, 7) is 4.60. The van der Waals surface area contributed by atoms with E-state index in [-0.39, 0.29) is 6.10 Å². The highest BCUT2D eigenvalue weighted by Crippen LogP contribution is 2.40. The number of aliphatic hydroxyl groups is 1. The molecule has 2 rings (SSSR count). The van der Waals surface area contributed by atoms with Gasteiger partial charge in [0.05, 0.1) is 6.10 Å². The Labute approximate surface area is 139 Å². The predicted octanol–water partition coefficient (Wildman–Crippen LogP) is 6.34. The molecule has 0 aromatic rings. The zero-order valence-corrected chi connectivity index (χ0v) is 15.2. The van der Waals surface area contributed by atoms with Gasteiger partial charge in [-0.1, -0.05) is 78.1 Å². The minimum absolute atomic E-state index is 0.0132. The lowest BCUT2D eigenvalue weighted by molar-refractivity contribution is 0.00522. The molecular weight excluding hydrogens is 268 g/mol. The SMILES string of the molecule is CCCCC1CCC(C(O)C2CCC(CCCC)CC2)CC1. The van der Waals surface area contributed by atoms with Crippen LogP contribution in [0.5, 0.6) is 0 Å². The summed E-state index contributed by atoms with van der Waals surface area (Å²) in [5, 5.41) is 10.8. The summed E-state index contributed by atoms with van der Waals surface area (Å²) >= 11 is 0. The minimum atomic E-state index is 0.0132. The lowest BCUT2D eigenvalue weighted by Crippen LogP contribution is -2.34. The third-order valence-corrected chi connectivity index (χ3v) is 6.68. The highest BCUT2D eigenvalue weighted by atomic mass is 16.3. The smallest absolute Gasteiger partial charge is 0.0596 e. The fourth-order valence-corrected chi connectivity index (χ4v) is 5.01. The standard InChI is InChI=1S/C21H40O/c1-3-5-7-17-9-13-19(14-10-17)21(22)20-15-11-18(12-16-20)8-6-4-2/h17-22H,3-16H2,1-2H3. The Bertz CT molecular complexity index is 244. The molecule has 1 nitrogen and oxygen atoms in total. The highest BCUT2D eigenvalue weighted by molar-refractivity contribution is 4.84. The third-order valence-electron chi connectivity index (χ3n) is 6.68. The number of hydrogen-bond acceptors (Lipinski definition) is 1. The van der Waals surface area contributed by atoms with Gasteiger partial charge in [-0.3, -0.25) is 0 Å². The van der Waals surface area contributed by atoms with E-state index in [1.165, 1.54) is 89.9 Å². The maximum atomic E-state index is 10.8. The minimum Gasteiger partial charge on any atom is -0.393 e. The van der Waals surface area contributed by atoms with E-state index in [0.29, 0.717) is 11.8 Å². The van der Waals surface area contributed by atoms with E-state index in [4.69, 9.17) is 0 Å². The third kappa shape index (κ3) is 5.55. The molecule has 0 radical (unpaired) electrons. The van der Waals surface area contributed by atoms with Crippen LogP contribution < -0.4 is 0 Å². The van der Waals surface area contributed by atoms with Gasteiger partial charge in [0, 0.05) is 0 Å². The molecule has 0 unspecified atom stereocenters. The van der Waals surface area contributed by atoms with Gasteiger partial charge in [0.25, 0.3) is 0 Å². The lowest BCUT2D eigenvalue weighted by Gasteiger charge is -2.38. The molecule has 0 saturated heterocycles. The molecule has 2 aliphatic carbocycles. The Morgan fingerprint density at radius 1 is 0.682 bits per heavy atom. The van der Waals surface area contributed by atoms with Gasteiger partial charge in [-0.15, -0.1) is 0 Å². The largest absolute Gasteiger partial charge is 0.393 e. The molecule has 0 aromatic carbocycles. The van der Waals surface area contributed by atoms with Crippen molar-refractivity contribution in [3.8, 4) is 0 Å². The molecule has 130 valence electrons. The second-order valence-corrected chi connectivity index (χ2v) is 8.34. The van der Waals surface area contributed by atoms with Crippen molar-refractivity contribution in [2.45, 2.75) is 110 Å². The summed E-state index contributed by atoms with van der Waals surface area (Å²) in [6.07, 6.45) is 19.1. The first-order valence-electron chi connectivity index (χ1n) is 10.4. The number of unbranched alkanes of at least 4 members (excludes halogenated alkanes) is 2. The number of aliphatic hydroxyl groups excluding tert-OH is 1. The van der Waals surface area contributed by atoms with Crippen LogP contribution in [0.15, 0.2) is 0 Å². The zero-order valence-electron chi connectivity index (χ0n) is 15.2. The Kier molecular flexibility index (Phi) is 8.28. The first-order chi connectivity index (χ1) is 10.7. The number of rotatable bonds is 8. The van der Waals surface area contributed by atoms with Crippen LogP contribution in [0, 0.1) is 23.7 Å². The fourth-order valence-electron chi connectivity index (χ4n) is 5.01. The van der Waals surface area contributed by atoms with E-state index in [1.807, 2.05) is 0 Å². The van der Waals surface area contributed by atoms with Crippen molar-refractivity contribution in [1.29, 1.82) is 0 Å². The summed E-state index contributed by atoms with van der Waals surface area (Å²) < 4.78 is 0. The molecule has 1 heteroatoms. The molecular formula is C21H40O. The molecule has 2 aliphatic rings. The van der Waals surface area contributed by atoms with E-state index >= 15 is 0 Å². The number of hydrogen-bond donors (Lipinski definition) is 1. The van der Waals surface area contributed by atoms with Gasteiger partial charge in [0.2, 0.25) is 0 Å². The van der Waals surface area contributed by atoms with Crippen LogP contribution in [0.4, 0.5) is 0 Å². The van der Waals surface area contributed by atoms with Crippen LogP contribution in [0.1, 0.15) is 104 Å². The van der Waals surface area contributed by atoms with Crippen LogP contribution in [-0.4, -0.2) is 11.2 Å². The van der Waals surface area contributed by atoms with Gasteiger partial charge >= 0.3 is 0 Å². The average molecular weight is 309 g/mol. The maximum absolute atomic E-state index is 10.8. The van der Waals surface area contributed by atoms with Crippen LogP contribution >= 0.6 is 0 Å². The van der Waals surface area contributed by atoms with Gasteiger partial charge in [0.1, 0.15) is 0 Å². The van der Waals surface area contributed by atoms with Crippen LogP contribution in [-0.2, 0) is 0 Å². The first-order valence-corrected chi connectivity index (χ1v) is 10.4. The van der Waals surface area contributed by atoms with Gasteiger partial charge in [-0.2, -0.15) is 0 Å². The first kappa shape index (κ1) is 18.3. The second kappa shape index (κ2) is 9.96. The summed E-state index contributed by atoms with van der Waals surface area (Å²) in [7, 11) is 0. The van der Waals surface area contributed by atoms with Crippen molar-refractivity contribution < 1.29 is 5.11 Å². The highest BCUT2D eigenvalue weighted by Gasteiger charge is 2.33. The van der Waals surface area contributed by atoms with Crippen LogP contribution in [0.2, 0.25) is 0 Å². The average Bonchev–Trinajstić information content (AvgIpc) is 2.58. The van der Waals surface area contributed by atoms with Crippen molar-refractivity contribution in [2.75, 3.05) is 0 Å². The summed E-state index contributed by atoms with van der Waals surface area (Å²) in [5.41, 5.74) is 0. The molecule has 0 aromatic heterocycles. The molecule has 0 spiro atoms. The van der Waals surface area contributed by atoms with Crippen molar-refractivity contribution in [1.82, 2.24) is 0 Å². The van der Waals surface area contributed by atoms with Crippen LogP contribution in [0.25, 0.3) is 0 Å². The maximum Gasteiger partial charge on any atom is 0.0596 e. The van der Waals surface area contributed by atoms with Crippen LogP contribution in [0.3, 0.4) is 0 Å². The van der Waals surface area contributed by atoms with E-state index < -0.39 is 0 Å². The van der Waals surface area contributed by atoms with Gasteiger partial charge in [-0.25, -0.2) is 0 Å². The van der Waals surface area contributed by atoms with Crippen molar-refractivity contribution in [3.63, 3.8) is 0 Å². The van der Waals surface area contributed by atoms with E-state index in [0.717, 1.165) is 11.8 Å². The van der Waals surface area contributed by atoms with Gasteiger partial charge in [-0.05, 0) is 49.4 Å². The molecule has 22 heavy (non-hydrogen) atoms. The summed E-state index contributed by atoms with van der Waals surface area (Å²) in [6, 6.07) is 0. The molecule has 2 saturated carbocycles. The van der Waals surface area contributed by atoms with Gasteiger partial charge < -0.3 is 5.11 Å². The Balaban J connectivity index is 1.66. The normalized spacial score (nSPS) is 34.5. The Morgan fingerprint density at radius 3 is 1.36 bits per heavy atom. The molecule has 1 N–H and O–H groups in total. The zero-order chi connectivity index (χ0) is 15.8. The van der Waals surface area contributed by atoms with Crippen molar-refractivity contribution in [3.05, 3.63) is 0 Å². The Hall–Kier alpha value is -0.0400. The molecule has 0 atom stereocenters. The molecule has 0 amide bonds. The lowest BCUT2D eigenvalue weighted by atomic mass is 9.70. The Morgan fingerprint density at radius 2 is 1.05 bits per heavy atom. The van der Waals surface area contributed by atoms with Crippen molar-refractivity contribution in [2.24, 2.45) is 23.7 Å². The molecule has 0 bridgehead atoms. The predicted molar refractivity (Wildman–Crippen MR) is 96.0 cm³/mol. The quantitative estimate of drug-likeness (QED) is 0.554. The molecule has 0 aliphatic heterocycles. The van der Waals surface area contributed by atoms with E-state index in [2.05, 4.69) is 13.8 Å². The van der Waals surface area contributed by atoms with E-state index in [1.54, 1.807) is 0 Å².